The Labute approximate surface area is 75.0 Å². The third kappa shape index (κ3) is 2.38. The molecular formula is C9H14SSi. The molecule has 1 aliphatic carbocycles. The molecule has 0 spiro atoms. The van der Waals surface area contributed by atoms with Crippen LogP contribution in [0.2, 0.25) is 19.6 Å². The van der Waals surface area contributed by atoms with Crippen molar-refractivity contribution in [2.45, 2.75) is 26.1 Å². The number of hydrogen-bond donors (Lipinski definition) is 0. The van der Waals surface area contributed by atoms with Gasteiger partial charge in [0.05, 0.1) is 8.07 Å². The highest BCUT2D eigenvalue weighted by atomic mass is 32.1. The SMILES string of the molecule is C[Si](C)(C)C1=CC(=S)CC=C1. The molecule has 0 aromatic carbocycles. The van der Waals surface area contributed by atoms with Crippen LogP contribution in [0.25, 0.3) is 0 Å². The van der Waals surface area contributed by atoms with Gasteiger partial charge < -0.3 is 0 Å². The summed E-state index contributed by atoms with van der Waals surface area (Å²) in [6.07, 6.45) is 7.56. The minimum atomic E-state index is -1.11. The summed E-state index contributed by atoms with van der Waals surface area (Å²) in [7, 11) is -1.11. The van der Waals surface area contributed by atoms with Crippen LogP contribution in [0.3, 0.4) is 0 Å². The fourth-order valence-corrected chi connectivity index (χ4v) is 2.60. The average Bonchev–Trinajstić information content (AvgIpc) is 1.86. The van der Waals surface area contributed by atoms with Crippen LogP contribution in [0, 0.1) is 0 Å². The predicted molar refractivity (Wildman–Crippen MR) is 57.8 cm³/mol. The van der Waals surface area contributed by atoms with E-state index in [1.165, 1.54) is 5.20 Å². The Morgan fingerprint density at radius 2 is 2.00 bits per heavy atom. The summed E-state index contributed by atoms with van der Waals surface area (Å²) in [6, 6.07) is 0. The Morgan fingerprint density at radius 1 is 1.36 bits per heavy atom. The second-order valence-corrected chi connectivity index (χ2v) is 9.52. The van der Waals surface area contributed by atoms with Gasteiger partial charge in [0, 0.05) is 11.3 Å². The Balaban J connectivity index is 2.88. The van der Waals surface area contributed by atoms with Gasteiger partial charge in [0.25, 0.3) is 0 Å². The van der Waals surface area contributed by atoms with Crippen LogP contribution in [0.1, 0.15) is 6.42 Å². The van der Waals surface area contributed by atoms with Crippen LogP contribution in [0.5, 0.6) is 0 Å². The molecule has 0 saturated carbocycles. The van der Waals surface area contributed by atoms with Gasteiger partial charge in [-0.3, -0.25) is 0 Å². The summed E-state index contributed by atoms with van der Waals surface area (Å²) in [4.78, 5) is 1.09. The fraction of sp³-hybridized carbons (Fsp3) is 0.444. The second kappa shape index (κ2) is 3.03. The molecule has 0 unspecified atom stereocenters. The molecule has 0 aromatic heterocycles. The Hall–Kier alpha value is -0.213. The van der Waals surface area contributed by atoms with Gasteiger partial charge in [0.1, 0.15) is 0 Å². The lowest BCUT2D eigenvalue weighted by Gasteiger charge is -2.20. The molecule has 0 N–H and O–H groups in total. The molecule has 0 aromatic rings. The van der Waals surface area contributed by atoms with Gasteiger partial charge in [-0.2, -0.15) is 0 Å². The largest absolute Gasteiger partial charge is 0.0846 e. The van der Waals surface area contributed by atoms with Crippen molar-refractivity contribution in [1.29, 1.82) is 0 Å². The molecule has 0 atom stereocenters. The normalized spacial score (nSPS) is 18.5. The topological polar surface area (TPSA) is 0 Å². The quantitative estimate of drug-likeness (QED) is 0.443. The predicted octanol–water partition coefficient (Wildman–Crippen LogP) is 3.12. The van der Waals surface area contributed by atoms with Gasteiger partial charge in [-0.05, 0) is 6.08 Å². The molecule has 0 fully saturated rings. The van der Waals surface area contributed by atoms with Crippen LogP contribution in [-0.2, 0) is 0 Å². The fourth-order valence-electron chi connectivity index (χ4n) is 1.05. The van der Waals surface area contributed by atoms with Gasteiger partial charge in [-0.1, -0.05) is 49.2 Å². The third-order valence-corrected chi connectivity index (χ3v) is 4.13. The van der Waals surface area contributed by atoms with E-state index in [-0.39, 0.29) is 0 Å². The molecule has 2 heteroatoms. The van der Waals surface area contributed by atoms with Crippen LogP contribution < -0.4 is 0 Å². The van der Waals surface area contributed by atoms with Crippen molar-refractivity contribution in [2.75, 3.05) is 0 Å². The molecule has 0 aliphatic heterocycles. The van der Waals surface area contributed by atoms with Gasteiger partial charge >= 0.3 is 0 Å². The first-order chi connectivity index (χ1) is 5.00. The van der Waals surface area contributed by atoms with Crippen molar-refractivity contribution in [3.8, 4) is 0 Å². The summed E-state index contributed by atoms with van der Waals surface area (Å²) in [5.41, 5.74) is 0. The molecule has 1 aliphatic rings. The zero-order valence-electron chi connectivity index (χ0n) is 7.35. The van der Waals surface area contributed by atoms with Gasteiger partial charge in [-0.25, -0.2) is 0 Å². The zero-order chi connectivity index (χ0) is 8.48. The maximum Gasteiger partial charge on any atom is 0.0776 e. The number of allylic oxidation sites excluding steroid dienone is 4. The first kappa shape index (κ1) is 8.88. The molecule has 0 nitrogen and oxygen atoms in total. The highest BCUT2D eigenvalue weighted by Gasteiger charge is 2.18. The van der Waals surface area contributed by atoms with Gasteiger partial charge in [-0.15, -0.1) is 0 Å². The van der Waals surface area contributed by atoms with E-state index in [9.17, 15) is 0 Å². The van der Waals surface area contributed by atoms with Crippen molar-refractivity contribution in [1.82, 2.24) is 0 Å². The lowest BCUT2D eigenvalue weighted by molar-refractivity contribution is 1.47. The molecule has 1 rings (SSSR count). The Kier molecular flexibility index (Phi) is 2.45. The molecule has 0 amide bonds. The summed E-state index contributed by atoms with van der Waals surface area (Å²) in [5.74, 6) is 0. The van der Waals surface area contributed by atoms with Crippen molar-refractivity contribution in [2.24, 2.45) is 0 Å². The maximum atomic E-state index is 5.15. The van der Waals surface area contributed by atoms with Gasteiger partial charge in [0.2, 0.25) is 0 Å². The first-order valence-corrected chi connectivity index (χ1v) is 7.82. The molecule has 0 bridgehead atoms. The van der Waals surface area contributed by atoms with E-state index in [4.69, 9.17) is 12.2 Å². The standard InChI is InChI=1S/C9H14SSi/c1-11(2,3)9-6-4-5-8(10)7-9/h4,6-7H,5H2,1-3H3. The first-order valence-electron chi connectivity index (χ1n) is 3.92. The third-order valence-electron chi connectivity index (χ3n) is 1.80. The van der Waals surface area contributed by atoms with Crippen LogP contribution in [-0.4, -0.2) is 12.9 Å². The Bertz CT molecular complexity index is 230. The second-order valence-electron chi connectivity index (χ2n) is 3.92. The smallest absolute Gasteiger partial charge is 0.0776 e. The minimum Gasteiger partial charge on any atom is -0.0846 e. The lowest BCUT2D eigenvalue weighted by Crippen LogP contribution is -2.24. The van der Waals surface area contributed by atoms with Crippen molar-refractivity contribution in [3.63, 3.8) is 0 Å². The van der Waals surface area contributed by atoms with Crippen molar-refractivity contribution in [3.05, 3.63) is 23.4 Å². The number of hydrogen-bond acceptors (Lipinski definition) is 1. The van der Waals surface area contributed by atoms with E-state index in [0.29, 0.717) is 0 Å². The van der Waals surface area contributed by atoms with Crippen LogP contribution in [0.15, 0.2) is 23.4 Å². The van der Waals surface area contributed by atoms with E-state index in [1.54, 1.807) is 0 Å². The van der Waals surface area contributed by atoms with Crippen molar-refractivity contribution >= 4 is 25.2 Å². The summed E-state index contributed by atoms with van der Waals surface area (Å²) < 4.78 is 0. The lowest BCUT2D eigenvalue weighted by atomic mass is 10.2. The van der Waals surface area contributed by atoms with Gasteiger partial charge in [0.15, 0.2) is 0 Å². The molecule has 11 heavy (non-hydrogen) atoms. The van der Waals surface area contributed by atoms with E-state index >= 15 is 0 Å². The monoisotopic (exact) mass is 182 g/mol. The van der Waals surface area contributed by atoms with Crippen LogP contribution >= 0.6 is 12.2 Å². The van der Waals surface area contributed by atoms with E-state index in [0.717, 1.165) is 11.3 Å². The molecule has 0 heterocycles. The summed E-state index contributed by atoms with van der Waals surface area (Å²) >= 11 is 5.15. The summed E-state index contributed by atoms with van der Waals surface area (Å²) in [5, 5.41) is 1.48. The van der Waals surface area contributed by atoms with E-state index in [2.05, 4.69) is 37.9 Å². The minimum absolute atomic E-state index is 0.962. The van der Waals surface area contributed by atoms with E-state index < -0.39 is 8.07 Å². The van der Waals surface area contributed by atoms with E-state index in [1.807, 2.05) is 0 Å². The number of rotatable bonds is 1. The number of thiocarbonyl (C=S) groups is 1. The molecule has 0 saturated heterocycles. The van der Waals surface area contributed by atoms with Crippen molar-refractivity contribution < 1.29 is 0 Å². The van der Waals surface area contributed by atoms with Crippen LogP contribution in [0.4, 0.5) is 0 Å². The molecular weight excluding hydrogens is 168 g/mol. The molecule has 60 valence electrons. The molecule has 0 radical (unpaired) electrons. The average molecular weight is 182 g/mol. The Morgan fingerprint density at radius 3 is 2.36 bits per heavy atom. The maximum absolute atomic E-state index is 5.15. The zero-order valence-corrected chi connectivity index (χ0v) is 9.16. The highest BCUT2D eigenvalue weighted by molar-refractivity contribution is 7.80. The highest BCUT2D eigenvalue weighted by Crippen LogP contribution is 2.19. The summed E-state index contributed by atoms with van der Waals surface area (Å²) in [6.45, 7) is 7.03.